The van der Waals surface area contributed by atoms with Gasteiger partial charge in [-0.1, -0.05) is 83.1 Å². The molecule has 0 fully saturated rings. The zero-order valence-electron chi connectivity index (χ0n) is 20.4. The van der Waals surface area contributed by atoms with Crippen molar-refractivity contribution < 1.29 is 14.2 Å². The van der Waals surface area contributed by atoms with Crippen LogP contribution in [0.3, 0.4) is 0 Å². The molecular weight excluding hydrogens is 396 g/mol. The second-order valence-electron chi connectivity index (χ2n) is 10.1. The number of ether oxygens (including phenoxy) is 3. The zero-order valence-corrected chi connectivity index (χ0v) is 20.4. The van der Waals surface area contributed by atoms with E-state index < -0.39 is 0 Å². The normalized spacial score (nSPS) is 13.8. The van der Waals surface area contributed by atoms with Crippen molar-refractivity contribution >= 4 is 10.8 Å². The van der Waals surface area contributed by atoms with Gasteiger partial charge in [-0.05, 0) is 59.7 Å². The van der Waals surface area contributed by atoms with Crippen LogP contribution >= 0.6 is 0 Å². The average molecular weight is 435 g/mol. The molecule has 3 aromatic rings. The van der Waals surface area contributed by atoms with Crippen LogP contribution < -0.4 is 9.47 Å². The summed E-state index contributed by atoms with van der Waals surface area (Å²) in [5, 5.41) is 2.29. The molecule has 0 aliphatic carbocycles. The largest absolute Gasteiger partial charge is 0.491 e. The highest BCUT2D eigenvalue weighted by molar-refractivity contribution is 5.88. The summed E-state index contributed by atoms with van der Waals surface area (Å²) in [7, 11) is 0. The highest BCUT2D eigenvalue weighted by atomic mass is 16.7. The van der Waals surface area contributed by atoms with Crippen molar-refractivity contribution in [1.82, 2.24) is 0 Å². The Morgan fingerprint density at radius 2 is 1.47 bits per heavy atom. The van der Waals surface area contributed by atoms with Crippen LogP contribution in [0.4, 0.5) is 0 Å². The molecule has 0 aliphatic heterocycles. The van der Waals surface area contributed by atoms with Crippen molar-refractivity contribution in [2.75, 3.05) is 13.2 Å². The van der Waals surface area contributed by atoms with Gasteiger partial charge in [0.05, 0.1) is 6.61 Å². The molecule has 0 N–H and O–H groups in total. The Bertz CT molecular complexity index is 964. The standard InChI is InChI=1S/C29H38O3/c1-21(2)27(20-29(4,5)6)24-14-16-25(17-15-24)32-22(3)30-18-19-31-28-13-9-11-23-10-7-8-12-26(23)28/h7-17,21-22,27H,18-20H2,1-6H3. The second-order valence-corrected chi connectivity index (χ2v) is 10.1. The number of hydrogen-bond acceptors (Lipinski definition) is 3. The molecule has 0 aliphatic rings. The predicted octanol–water partition coefficient (Wildman–Crippen LogP) is 7.84. The van der Waals surface area contributed by atoms with Crippen LogP contribution in [0, 0.1) is 11.3 Å². The van der Waals surface area contributed by atoms with Crippen molar-refractivity contribution in [3.8, 4) is 11.5 Å². The Labute approximate surface area is 193 Å². The summed E-state index contributed by atoms with van der Waals surface area (Å²) in [6, 6.07) is 22.8. The lowest BCUT2D eigenvalue weighted by molar-refractivity contribution is -0.0738. The van der Waals surface area contributed by atoms with Crippen molar-refractivity contribution in [1.29, 1.82) is 0 Å². The van der Waals surface area contributed by atoms with Crippen LogP contribution in [0.15, 0.2) is 66.7 Å². The Kier molecular flexibility index (Phi) is 8.20. The fourth-order valence-corrected chi connectivity index (χ4v) is 4.10. The van der Waals surface area contributed by atoms with E-state index in [1.807, 2.05) is 31.2 Å². The van der Waals surface area contributed by atoms with E-state index in [-0.39, 0.29) is 6.29 Å². The van der Waals surface area contributed by atoms with Crippen molar-refractivity contribution in [2.45, 2.75) is 60.2 Å². The van der Waals surface area contributed by atoms with Gasteiger partial charge in [-0.15, -0.1) is 0 Å². The zero-order chi connectivity index (χ0) is 23.1. The maximum Gasteiger partial charge on any atom is 0.197 e. The van der Waals surface area contributed by atoms with E-state index in [9.17, 15) is 0 Å². The molecule has 0 aromatic heterocycles. The van der Waals surface area contributed by atoms with Gasteiger partial charge >= 0.3 is 0 Å². The summed E-state index contributed by atoms with van der Waals surface area (Å²) in [5.41, 5.74) is 1.68. The third kappa shape index (κ3) is 7.00. The lowest BCUT2D eigenvalue weighted by Crippen LogP contribution is -2.20. The SMILES string of the molecule is CC(OCCOc1cccc2ccccc12)Oc1ccc(C(CC(C)(C)C)C(C)C)cc1. The lowest BCUT2D eigenvalue weighted by Gasteiger charge is -2.29. The molecule has 3 nitrogen and oxygen atoms in total. The molecule has 3 aromatic carbocycles. The van der Waals surface area contributed by atoms with Crippen LogP contribution in [0.2, 0.25) is 0 Å². The monoisotopic (exact) mass is 434 g/mol. The molecule has 0 radical (unpaired) electrons. The van der Waals surface area contributed by atoms with E-state index in [0.717, 1.165) is 16.9 Å². The van der Waals surface area contributed by atoms with Gasteiger partial charge in [0.2, 0.25) is 0 Å². The first kappa shape index (κ1) is 24.1. The molecule has 2 unspecified atom stereocenters. The summed E-state index contributed by atoms with van der Waals surface area (Å²) >= 11 is 0. The summed E-state index contributed by atoms with van der Waals surface area (Å²) in [6.07, 6.45) is 0.827. The Morgan fingerprint density at radius 3 is 2.16 bits per heavy atom. The van der Waals surface area contributed by atoms with E-state index in [1.54, 1.807) is 0 Å². The molecule has 0 saturated heterocycles. The highest BCUT2D eigenvalue weighted by Crippen LogP contribution is 2.36. The molecule has 3 heteroatoms. The smallest absolute Gasteiger partial charge is 0.197 e. The van der Waals surface area contributed by atoms with Gasteiger partial charge in [-0.25, -0.2) is 0 Å². The van der Waals surface area contributed by atoms with Crippen LogP contribution in [-0.4, -0.2) is 19.5 Å². The molecule has 0 bridgehead atoms. The van der Waals surface area contributed by atoms with Crippen molar-refractivity contribution in [3.05, 3.63) is 72.3 Å². The van der Waals surface area contributed by atoms with Crippen LogP contribution in [0.25, 0.3) is 10.8 Å². The van der Waals surface area contributed by atoms with Crippen molar-refractivity contribution in [2.24, 2.45) is 11.3 Å². The van der Waals surface area contributed by atoms with Gasteiger partial charge in [0, 0.05) is 5.39 Å². The molecule has 0 saturated carbocycles. The van der Waals surface area contributed by atoms with Gasteiger partial charge in [0.15, 0.2) is 6.29 Å². The first-order chi connectivity index (χ1) is 15.2. The number of benzene rings is 3. The Hall–Kier alpha value is -2.52. The van der Waals surface area contributed by atoms with Gasteiger partial charge < -0.3 is 14.2 Å². The molecule has 0 heterocycles. The number of fused-ring (bicyclic) bond motifs is 1. The van der Waals surface area contributed by atoms with Gasteiger partial charge in [0.1, 0.15) is 18.1 Å². The summed E-state index contributed by atoms with van der Waals surface area (Å²) in [4.78, 5) is 0. The van der Waals surface area contributed by atoms with Crippen LogP contribution in [0.5, 0.6) is 11.5 Å². The van der Waals surface area contributed by atoms with E-state index in [0.29, 0.717) is 30.5 Å². The molecule has 172 valence electrons. The first-order valence-electron chi connectivity index (χ1n) is 11.7. The predicted molar refractivity (Wildman–Crippen MR) is 134 cm³/mol. The first-order valence-corrected chi connectivity index (χ1v) is 11.7. The Balaban J connectivity index is 1.48. The highest BCUT2D eigenvalue weighted by Gasteiger charge is 2.23. The molecule has 3 rings (SSSR count). The molecular formula is C29H38O3. The van der Waals surface area contributed by atoms with Gasteiger partial charge in [0.25, 0.3) is 0 Å². The third-order valence-electron chi connectivity index (χ3n) is 5.69. The van der Waals surface area contributed by atoms with E-state index in [4.69, 9.17) is 14.2 Å². The van der Waals surface area contributed by atoms with Crippen LogP contribution in [0.1, 0.15) is 59.4 Å². The quantitative estimate of drug-likeness (QED) is 0.240. The fourth-order valence-electron chi connectivity index (χ4n) is 4.10. The number of hydrogen-bond donors (Lipinski definition) is 0. The molecule has 0 amide bonds. The number of rotatable bonds is 10. The maximum atomic E-state index is 5.96. The van der Waals surface area contributed by atoms with E-state index in [2.05, 4.69) is 77.1 Å². The minimum atomic E-state index is -0.340. The minimum Gasteiger partial charge on any atom is -0.491 e. The fraction of sp³-hybridized carbons (Fsp3) is 0.448. The molecule has 32 heavy (non-hydrogen) atoms. The topological polar surface area (TPSA) is 27.7 Å². The van der Waals surface area contributed by atoms with Crippen LogP contribution in [-0.2, 0) is 4.74 Å². The third-order valence-corrected chi connectivity index (χ3v) is 5.69. The van der Waals surface area contributed by atoms with E-state index >= 15 is 0 Å². The lowest BCUT2D eigenvalue weighted by atomic mass is 9.76. The summed E-state index contributed by atoms with van der Waals surface area (Å²) < 4.78 is 17.7. The molecule has 2 atom stereocenters. The Morgan fingerprint density at radius 1 is 0.781 bits per heavy atom. The maximum absolute atomic E-state index is 5.96. The van der Waals surface area contributed by atoms with Gasteiger partial charge in [-0.3, -0.25) is 0 Å². The summed E-state index contributed by atoms with van der Waals surface area (Å²) in [5.74, 6) is 2.86. The van der Waals surface area contributed by atoms with Crippen molar-refractivity contribution in [3.63, 3.8) is 0 Å². The van der Waals surface area contributed by atoms with Gasteiger partial charge in [-0.2, -0.15) is 0 Å². The summed E-state index contributed by atoms with van der Waals surface area (Å²) in [6.45, 7) is 14.4. The molecule has 0 spiro atoms. The average Bonchev–Trinajstić information content (AvgIpc) is 2.75. The second kappa shape index (κ2) is 10.9. The van der Waals surface area contributed by atoms with E-state index in [1.165, 1.54) is 17.4 Å². The minimum absolute atomic E-state index is 0.306.